The number of rotatable bonds is 4. The number of benzene rings is 2. The summed E-state index contributed by atoms with van der Waals surface area (Å²) >= 11 is 0. The molecule has 1 aliphatic rings. The fourth-order valence-corrected chi connectivity index (χ4v) is 3.72. The Labute approximate surface area is 147 Å². The molecule has 0 aliphatic carbocycles. The van der Waals surface area contributed by atoms with E-state index in [1.165, 1.54) is 18.2 Å². The van der Waals surface area contributed by atoms with E-state index < -0.39 is 16.2 Å². The van der Waals surface area contributed by atoms with Gasteiger partial charge in [0, 0.05) is 6.07 Å². The molecular formula is C18H20O6S. The van der Waals surface area contributed by atoms with Crippen LogP contribution in [0, 0.1) is 20.8 Å². The van der Waals surface area contributed by atoms with Crippen molar-refractivity contribution < 1.29 is 27.2 Å². The second-order valence-electron chi connectivity index (χ2n) is 6.12. The summed E-state index contributed by atoms with van der Waals surface area (Å²) in [5.74, 6) is 1.09. The molecule has 0 saturated heterocycles. The van der Waals surface area contributed by atoms with Crippen molar-refractivity contribution >= 4 is 10.1 Å². The lowest BCUT2D eigenvalue weighted by molar-refractivity contribution is 0.0553. The fourth-order valence-electron chi connectivity index (χ4n) is 2.53. The molecule has 0 saturated carbocycles. The van der Waals surface area contributed by atoms with Crippen LogP contribution in [-0.2, 0) is 14.3 Å². The van der Waals surface area contributed by atoms with E-state index >= 15 is 0 Å². The van der Waals surface area contributed by atoms with Gasteiger partial charge in [-0.15, -0.1) is 0 Å². The van der Waals surface area contributed by atoms with Crippen molar-refractivity contribution in [3.8, 4) is 17.2 Å². The SMILES string of the molecule is Cc1cc2c(cc1C)OC(COS(=O)(=O)c1cc(O)ccc1C)CO2. The van der Waals surface area contributed by atoms with E-state index in [-0.39, 0.29) is 23.9 Å². The van der Waals surface area contributed by atoms with E-state index in [2.05, 4.69) is 0 Å². The number of phenolic OH excluding ortho intramolecular Hbond substituents is 1. The lowest BCUT2D eigenvalue weighted by atomic mass is 10.1. The zero-order chi connectivity index (χ0) is 18.2. The Bertz CT molecular complexity index is 904. The third-order valence-corrected chi connectivity index (χ3v) is 5.55. The zero-order valence-corrected chi connectivity index (χ0v) is 15.1. The Kier molecular flexibility index (Phi) is 4.62. The number of aryl methyl sites for hydroxylation is 3. The summed E-state index contributed by atoms with van der Waals surface area (Å²) in [7, 11) is -4.00. The first-order valence-corrected chi connectivity index (χ1v) is 9.27. The Morgan fingerprint density at radius 1 is 1.08 bits per heavy atom. The summed E-state index contributed by atoms with van der Waals surface area (Å²) in [5.41, 5.74) is 2.65. The smallest absolute Gasteiger partial charge is 0.297 e. The Morgan fingerprint density at radius 3 is 2.48 bits per heavy atom. The molecule has 0 bridgehead atoms. The van der Waals surface area contributed by atoms with Gasteiger partial charge in [-0.1, -0.05) is 6.07 Å². The molecule has 1 N–H and O–H groups in total. The Hall–Kier alpha value is -2.25. The predicted molar refractivity (Wildman–Crippen MR) is 91.8 cm³/mol. The first-order chi connectivity index (χ1) is 11.8. The monoisotopic (exact) mass is 364 g/mol. The maximum atomic E-state index is 12.4. The molecule has 1 unspecified atom stereocenters. The highest BCUT2D eigenvalue weighted by molar-refractivity contribution is 7.86. The number of hydrogen-bond donors (Lipinski definition) is 1. The first kappa shape index (κ1) is 17.6. The average Bonchev–Trinajstić information content (AvgIpc) is 2.56. The van der Waals surface area contributed by atoms with Crippen molar-refractivity contribution in [3.63, 3.8) is 0 Å². The summed E-state index contributed by atoms with van der Waals surface area (Å²) in [6, 6.07) is 7.88. The highest BCUT2D eigenvalue weighted by atomic mass is 32.2. The predicted octanol–water partition coefficient (Wildman–Crippen LogP) is 2.86. The van der Waals surface area contributed by atoms with Crippen molar-refractivity contribution in [1.82, 2.24) is 0 Å². The van der Waals surface area contributed by atoms with Gasteiger partial charge in [0.25, 0.3) is 10.1 Å². The summed E-state index contributed by atoms with van der Waals surface area (Å²) in [6.07, 6.45) is -0.540. The van der Waals surface area contributed by atoms with Crippen LogP contribution in [0.5, 0.6) is 17.2 Å². The van der Waals surface area contributed by atoms with Crippen molar-refractivity contribution in [2.75, 3.05) is 13.2 Å². The number of ether oxygens (including phenoxy) is 2. The number of hydrogen-bond acceptors (Lipinski definition) is 6. The van der Waals surface area contributed by atoms with Gasteiger partial charge in [-0.2, -0.15) is 8.42 Å². The molecule has 2 aromatic rings. The zero-order valence-electron chi connectivity index (χ0n) is 14.3. The number of phenols is 1. The van der Waals surface area contributed by atoms with Crippen LogP contribution in [0.1, 0.15) is 16.7 Å². The van der Waals surface area contributed by atoms with Gasteiger partial charge in [0.1, 0.15) is 23.9 Å². The van der Waals surface area contributed by atoms with Crippen LogP contribution in [0.25, 0.3) is 0 Å². The molecule has 134 valence electrons. The van der Waals surface area contributed by atoms with Crippen LogP contribution in [0.3, 0.4) is 0 Å². The average molecular weight is 364 g/mol. The molecule has 0 fully saturated rings. The van der Waals surface area contributed by atoms with E-state index in [1.54, 1.807) is 6.92 Å². The molecule has 1 atom stereocenters. The molecule has 1 heterocycles. The lowest BCUT2D eigenvalue weighted by Gasteiger charge is -2.27. The van der Waals surface area contributed by atoms with Gasteiger partial charge in [0.15, 0.2) is 17.6 Å². The summed E-state index contributed by atoms with van der Waals surface area (Å²) in [5, 5.41) is 9.51. The molecule has 0 radical (unpaired) electrons. The van der Waals surface area contributed by atoms with Crippen molar-refractivity contribution in [1.29, 1.82) is 0 Å². The normalized spacial score (nSPS) is 16.7. The highest BCUT2D eigenvalue weighted by Gasteiger charge is 2.26. The maximum absolute atomic E-state index is 12.4. The molecule has 3 rings (SSSR count). The van der Waals surface area contributed by atoms with Gasteiger partial charge in [0.05, 0.1) is 0 Å². The second kappa shape index (κ2) is 6.57. The second-order valence-corrected chi connectivity index (χ2v) is 7.71. The largest absolute Gasteiger partial charge is 0.508 e. The van der Waals surface area contributed by atoms with Crippen molar-refractivity contribution in [3.05, 3.63) is 47.0 Å². The topological polar surface area (TPSA) is 82.1 Å². The maximum Gasteiger partial charge on any atom is 0.297 e. The summed E-state index contributed by atoms with van der Waals surface area (Å²) < 4.78 is 41.3. The molecular weight excluding hydrogens is 344 g/mol. The summed E-state index contributed by atoms with van der Waals surface area (Å²) in [4.78, 5) is -0.0592. The van der Waals surface area contributed by atoms with Crippen LogP contribution in [0.4, 0.5) is 0 Å². The van der Waals surface area contributed by atoms with Crippen molar-refractivity contribution in [2.24, 2.45) is 0 Å². The van der Waals surface area contributed by atoms with E-state index in [4.69, 9.17) is 13.7 Å². The van der Waals surface area contributed by atoms with Gasteiger partial charge >= 0.3 is 0 Å². The molecule has 7 heteroatoms. The van der Waals surface area contributed by atoms with Crippen LogP contribution >= 0.6 is 0 Å². The van der Waals surface area contributed by atoms with E-state index in [1.807, 2.05) is 26.0 Å². The minimum absolute atomic E-state index is 0.0592. The minimum atomic E-state index is -4.00. The van der Waals surface area contributed by atoms with Crippen LogP contribution < -0.4 is 9.47 Å². The first-order valence-electron chi connectivity index (χ1n) is 7.86. The molecule has 2 aromatic carbocycles. The van der Waals surface area contributed by atoms with Crippen LogP contribution in [0.15, 0.2) is 35.2 Å². The van der Waals surface area contributed by atoms with Gasteiger partial charge in [-0.05, 0) is 55.7 Å². The molecule has 6 nitrogen and oxygen atoms in total. The van der Waals surface area contributed by atoms with E-state index in [9.17, 15) is 13.5 Å². The highest BCUT2D eigenvalue weighted by Crippen LogP contribution is 2.34. The van der Waals surface area contributed by atoms with Crippen LogP contribution in [0.2, 0.25) is 0 Å². The Morgan fingerprint density at radius 2 is 1.76 bits per heavy atom. The van der Waals surface area contributed by atoms with Gasteiger partial charge in [-0.3, -0.25) is 4.18 Å². The van der Waals surface area contributed by atoms with Gasteiger partial charge in [0.2, 0.25) is 0 Å². The third-order valence-electron chi connectivity index (χ3n) is 4.13. The van der Waals surface area contributed by atoms with Gasteiger partial charge in [-0.25, -0.2) is 0 Å². The summed E-state index contributed by atoms with van der Waals surface area (Å²) in [6.45, 7) is 5.61. The van der Waals surface area contributed by atoms with Gasteiger partial charge < -0.3 is 14.6 Å². The van der Waals surface area contributed by atoms with Crippen molar-refractivity contribution in [2.45, 2.75) is 31.8 Å². The van der Waals surface area contributed by atoms with E-state index in [0.29, 0.717) is 17.1 Å². The van der Waals surface area contributed by atoms with Crippen LogP contribution in [-0.4, -0.2) is 32.8 Å². The molecule has 0 amide bonds. The minimum Gasteiger partial charge on any atom is -0.508 e. The Balaban J connectivity index is 1.71. The third kappa shape index (κ3) is 3.72. The quantitative estimate of drug-likeness (QED) is 0.840. The number of fused-ring (bicyclic) bond motifs is 1. The van der Waals surface area contributed by atoms with E-state index in [0.717, 1.165) is 11.1 Å². The number of aromatic hydroxyl groups is 1. The molecule has 25 heavy (non-hydrogen) atoms. The fraction of sp³-hybridized carbons (Fsp3) is 0.333. The molecule has 0 aromatic heterocycles. The standard InChI is InChI=1S/C18H20O6S/c1-11-4-5-14(19)8-18(11)25(20,21)23-10-15-9-22-16-6-12(2)13(3)7-17(16)24-15/h4-8,15,19H,9-10H2,1-3H3. The lowest BCUT2D eigenvalue weighted by Crippen LogP contribution is -2.34. The molecule has 0 spiro atoms. The molecule has 1 aliphatic heterocycles.